The summed E-state index contributed by atoms with van der Waals surface area (Å²) in [7, 11) is 3.62. The Morgan fingerprint density at radius 2 is 2.06 bits per heavy atom. The summed E-state index contributed by atoms with van der Waals surface area (Å²) in [6, 6.07) is 5.82. The van der Waals surface area contributed by atoms with Crippen LogP contribution in [0.4, 0.5) is 0 Å². The number of carbonyl (C=O) groups excluding carboxylic acids is 1. The molecule has 0 aliphatic carbocycles. The average Bonchev–Trinajstić information content (AvgIpc) is 2.69. The SMILES string of the molecule is CNC(=O)c1ccc(-c2cnc(C)n2C)cc1C. The quantitative estimate of drug-likeness (QED) is 0.877. The van der Waals surface area contributed by atoms with Gasteiger partial charge in [0.1, 0.15) is 5.82 Å². The van der Waals surface area contributed by atoms with Gasteiger partial charge in [-0.25, -0.2) is 4.98 Å². The van der Waals surface area contributed by atoms with E-state index in [9.17, 15) is 4.79 Å². The van der Waals surface area contributed by atoms with E-state index in [1.54, 1.807) is 7.05 Å². The van der Waals surface area contributed by atoms with E-state index in [0.29, 0.717) is 5.56 Å². The van der Waals surface area contributed by atoms with E-state index in [4.69, 9.17) is 0 Å². The molecule has 0 aliphatic heterocycles. The molecule has 0 bridgehead atoms. The summed E-state index contributed by atoms with van der Waals surface area (Å²) >= 11 is 0. The molecule has 94 valence electrons. The number of benzene rings is 1. The van der Waals surface area contributed by atoms with Crippen molar-refractivity contribution in [1.29, 1.82) is 0 Å². The predicted molar refractivity (Wildman–Crippen MR) is 71.5 cm³/mol. The van der Waals surface area contributed by atoms with Crippen LogP contribution in [0.3, 0.4) is 0 Å². The molecule has 1 aromatic heterocycles. The smallest absolute Gasteiger partial charge is 0.251 e. The zero-order valence-electron chi connectivity index (χ0n) is 11.1. The minimum absolute atomic E-state index is 0.0553. The Kier molecular flexibility index (Phi) is 3.19. The molecule has 4 heteroatoms. The van der Waals surface area contributed by atoms with Gasteiger partial charge in [0.25, 0.3) is 5.91 Å². The van der Waals surface area contributed by atoms with Crippen LogP contribution in [0.5, 0.6) is 0 Å². The van der Waals surface area contributed by atoms with Gasteiger partial charge in [-0.3, -0.25) is 4.79 Å². The van der Waals surface area contributed by atoms with Crippen molar-refractivity contribution in [1.82, 2.24) is 14.9 Å². The molecule has 2 rings (SSSR count). The average molecular weight is 243 g/mol. The van der Waals surface area contributed by atoms with Crippen molar-refractivity contribution in [2.75, 3.05) is 7.05 Å². The number of nitrogens with one attached hydrogen (secondary N) is 1. The lowest BCUT2D eigenvalue weighted by atomic mass is 10.0. The lowest BCUT2D eigenvalue weighted by molar-refractivity contribution is 0.0962. The first-order valence-corrected chi connectivity index (χ1v) is 5.86. The highest BCUT2D eigenvalue weighted by Gasteiger charge is 2.10. The summed E-state index contributed by atoms with van der Waals surface area (Å²) < 4.78 is 2.04. The lowest BCUT2D eigenvalue weighted by Gasteiger charge is -2.08. The Morgan fingerprint density at radius 3 is 2.56 bits per heavy atom. The van der Waals surface area contributed by atoms with Gasteiger partial charge in [0.2, 0.25) is 0 Å². The van der Waals surface area contributed by atoms with Crippen molar-refractivity contribution >= 4 is 5.91 Å². The molecule has 0 fully saturated rings. The molecule has 1 N–H and O–H groups in total. The first-order chi connectivity index (χ1) is 8.54. The molecule has 1 aromatic carbocycles. The Labute approximate surface area is 107 Å². The standard InChI is InChI=1S/C14H17N3O/c1-9-7-11(5-6-12(9)14(18)15-3)13-8-16-10(2)17(13)4/h5-8H,1-4H3,(H,15,18). The van der Waals surface area contributed by atoms with Gasteiger partial charge in [-0.05, 0) is 31.5 Å². The van der Waals surface area contributed by atoms with Gasteiger partial charge < -0.3 is 9.88 Å². The van der Waals surface area contributed by atoms with Gasteiger partial charge in [0.15, 0.2) is 0 Å². The molecule has 0 saturated carbocycles. The highest BCUT2D eigenvalue weighted by Crippen LogP contribution is 2.22. The van der Waals surface area contributed by atoms with Crippen LogP contribution in [0, 0.1) is 13.8 Å². The van der Waals surface area contributed by atoms with E-state index >= 15 is 0 Å². The molecule has 2 aromatic rings. The molecule has 18 heavy (non-hydrogen) atoms. The topological polar surface area (TPSA) is 46.9 Å². The third kappa shape index (κ3) is 2.01. The minimum Gasteiger partial charge on any atom is -0.355 e. The van der Waals surface area contributed by atoms with E-state index < -0.39 is 0 Å². The molecule has 0 radical (unpaired) electrons. The second kappa shape index (κ2) is 4.64. The summed E-state index contributed by atoms with van der Waals surface area (Å²) in [6.07, 6.45) is 1.85. The molecule has 0 atom stereocenters. The van der Waals surface area contributed by atoms with E-state index in [1.165, 1.54) is 0 Å². The number of hydrogen-bond acceptors (Lipinski definition) is 2. The number of carbonyl (C=O) groups is 1. The van der Waals surface area contributed by atoms with Gasteiger partial charge in [-0.15, -0.1) is 0 Å². The Hall–Kier alpha value is -2.10. The normalized spacial score (nSPS) is 10.4. The zero-order chi connectivity index (χ0) is 13.3. The number of imidazole rings is 1. The first kappa shape index (κ1) is 12.4. The van der Waals surface area contributed by atoms with Crippen molar-refractivity contribution in [3.63, 3.8) is 0 Å². The van der Waals surface area contributed by atoms with Crippen LogP contribution in [-0.4, -0.2) is 22.5 Å². The maximum Gasteiger partial charge on any atom is 0.251 e. The fourth-order valence-corrected chi connectivity index (χ4v) is 1.98. The van der Waals surface area contributed by atoms with Crippen molar-refractivity contribution in [3.8, 4) is 11.3 Å². The summed E-state index contributed by atoms with van der Waals surface area (Å²) in [6.45, 7) is 3.91. The summed E-state index contributed by atoms with van der Waals surface area (Å²) in [4.78, 5) is 15.9. The molecule has 0 unspecified atom stereocenters. The van der Waals surface area contributed by atoms with E-state index in [1.807, 2.05) is 49.9 Å². The van der Waals surface area contributed by atoms with Gasteiger partial charge in [0, 0.05) is 25.2 Å². The molecule has 1 amide bonds. The summed E-state index contributed by atoms with van der Waals surface area (Å²) in [5, 5.41) is 2.64. The second-order valence-electron chi connectivity index (χ2n) is 4.36. The Bertz CT molecular complexity index is 599. The number of rotatable bonds is 2. The second-order valence-corrected chi connectivity index (χ2v) is 4.36. The maximum absolute atomic E-state index is 11.6. The zero-order valence-corrected chi connectivity index (χ0v) is 11.1. The largest absolute Gasteiger partial charge is 0.355 e. The van der Waals surface area contributed by atoms with E-state index in [-0.39, 0.29) is 5.91 Å². The van der Waals surface area contributed by atoms with Crippen LogP contribution in [0.2, 0.25) is 0 Å². The van der Waals surface area contributed by atoms with Crippen LogP contribution in [0.15, 0.2) is 24.4 Å². The minimum atomic E-state index is -0.0553. The van der Waals surface area contributed by atoms with Crippen molar-refractivity contribution in [3.05, 3.63) is 41.3 Å². The summed E-state index contributed by atoms with van der Waals surface area (Å²) in [5.74, 6) is 0.915. The third-order valence-electron chi connectivity index (χ3n) is 3.21. The lowest BCUT2D eigenvalue weighted by Crippen LogP contribution is -2.18. The monoisotopic (exact) mass is 243 g/mol. The van der Waals surface area contributed by atoms with Crippen LogP contribution in [-0.2, 0) is 7.05 Å². The molecule has 0 saturated heterocycles. The number of nitrogens with zero attached hydrogens (tertiary/aromatic N) is 2. The molecule has 1 heterocycles. The Morgan fingerprint density at radius 1 is 1.33 bits per heavy atom. The van der Waals surface area contributed by atoms with Gasteiger partial charge in [-0.2, -0.15) is 0 Å². The first-order valence-electron chi connectivity index (χ1n) is 5.86. The predicted octanol–water partition coefficient (Wildman–Crippen LogP) is 2.06. The van der Waals surface area contributed by atoms with Crippen molar-refractivity contribution in [2.24, 2.45) is 7.05 Å². The number of amides is 1. The summed E-state index contributed by atoms with van der Waals surface area (Å²) in [5.41, 5.74) is 3.80. The van der Waals surface area contributed by atoms with Crippen molar-refractivity contribution < 1.29 is 4.79 Å². The maximum atomic E-state index is 11.6. The van der Waals surface area contributed by atoms with Crippen LogP contribution < -0.4 is 5.32 Å². The van der Waals surface area contributed by atoms with Crippen LogP contribution in [0.25, 0.3) is 11.3 Å². The van der Waals surface area contributed by atoms with Crippen LogP contribution >= 0.6 is 0 Å². The van der Waals surface area contributed by atoms with Gasteiger partial charge in [0.05, 0.1) is 11.9 Å². The molecule has 4 nitrogen and oxygen atoms in total. The molecular formula is C14H17N3O. The fourth-order valence-electron chi connectivity index (χ4n) is 1.98. The number of aromatic nitrogens is 2. The fraction of sp³-hybridized carbons (Fsp3) is 0.286. The van der Waals surface area contributed by atoms with Crippen LogP contribution in [0.1, 0.15) is 21.7 Å². The van der Waals surface area contributed by atoms with Gasteiger partial charge >= 0.3 is 0 Å². The van der Waals surface area contributed by atoms with Crippen molar-refractivity contribution in [2.45, 2.75) is 13.8 Å². The van der Waals surface area contributed by atoms with E-state index in [0.717, 1.165) is 22.6 Å². The Balaban J connectivity index is 2.46. The van der Waals surface area contributed by atoms with Gasteiger partial charge in [-0.1, -0.05) is 6.07 Å². The molecular weight excluding hydrogens is 226 g/mol. The molecule has 0 spiro atoms. The number of aryl methyl sites for hydroxylation is 2. The highest BCUT2D eigenvalue weighted by molar-refractivity contribution is 5.95. The molecule has 0 aliphatic rings. The number of hydrogen-bond donors (Lipinski definition) is 1. The third-order valence-corrected chi connectivity index (χ3v) is 3.21. The van der Waals surface area contributed by atoms with E-state index in [2.05, 4.69) is 10.3 Å². The highest BCUT2D eigenvalue weighted by atomic mass is 16.1.